The van der Waals surface area contributed by atoms with Crippen LogP contribution in [0, 0.1) is 0 Å². The van der Waals surface area contributed by atoms with Crippen molar-refractivity contribution in [3.63, 3.8) is 0 Å². The summed E-state index contributed by atoms with van der Waals surface area (Å²) in [6, 6.07) is 7.79. The van der Waals surface area contributed by atoms with Crippen LogP contribution in [0.3, 0.4) is 0 Å². The van der Waals surface area contributed by atoms with Gasteiger partial charge >= 0.3 is 6.16 Å². The molecule has 0 atom stereocenters. The van der Waals surface area contributed by atoms with E-state index >= 15 is 0 Å². The van der Waals surface area contributed by atoms with E-state index in [1.807, 2.05) is 12.1 Å². The van der Waals surface area contributed by atoms with Crippen LogP contribution >= 0.6 is 0 Å². The summed E-state index contributed by atoms with van der Waals surface area (Å²) in [4.78, 5) is 11.3. The first-order valence-electron chi connectivity index (χ1n) is 7.20. The predicted octanol–water partition coefficient (Wildman–Crippen LogP) is 4.61. The molecule has 1 aliphatic rings. The predicted molar refractivity (Wildman–Crippen MR) is 79.1 cm³/mol. The van der Waals surface area contributed by atoms with Crippen molar-refractivity contribution >= 4 is 6.16 Å². The Morgan fingerprint density at radius 2 is 1.90 bits per heavy atom. The SMILES string of the molecule is C=CCOC(=O)Oc1ccc(C2(C)CCCCC2)cc1. The van der Waals surface area contributed by atoms with E-state index in [4.69, 9.17) is 9.47 Å². The summed E-state index contributed by atoms with van der Waals surface area (Å²) >= 11 is 0. The van der Waals surface area contributed by atoms with Crippen molar-refractivity contribution in [2.45, 2.75) is 44.4 Å². The summed E-state index contributed by atoms with van der Waals surface area (Å²) < 4.78 is 9.87. The second-order valence-corrected chi connectivity index (χ2v) is 5.60. The van der Waals surface area contributed by atoms with E-state index in [0.29, 0.717) is 5.75 Å². The molecule has 1 fully saturated rings. The van der Waals surface area contributed by atoms with Crippen molar-refractivity contribution in [1.82, 2.24) is 0 Å². The van der Waals surface area contributed by atoms with E-state index in [1.165, 1.54) is 43.7 Å². The Hall–Kier alpha value is -1.77. The van der Waals surface area contributed by atoms with Gasteiger partial charge in [0.1, 0.15) is 12.4 Å². The van der Waals surface area contributed by atoms with Gasteiger partial charge in [0, 0.05) is 0 Å². The minimum atomic E-state index is -0.693. The minimum Gasteiger partial charge on any atom is -0.430 e. The summed E-state index contributed by atoms with van der Waals surface area (Å²) in [7, 11) is 0. The molecule has 0 heterocycles. The third-order valence-corrected chi connectivity index (χ3v) is 4.03. The number of benzene rings is 1. The maximum absolute atomic E-state index is 11.3. The molecule has 0 bridgehead atoms. The normalized spacial score (nSPS) is 17.2. The highest BCUT2D eigenvalue weighted by atomic mass is 16.7. The van der Waals surface area contributed by atoms with Crippen LogP contribution in [0.25, 0.3) is 0 Å². The molecule has 1 saturated carbocycles. The fourth-order valence-electron chi connectivity index (χ4n) is 2.80. The van der Waals surface area contributed by atoms with Gasteiger partial charge in [-0.1, -0.05) is 51.0 Å². The summed E-state index contributed by atoms with van der Waals surface area (Å²) in [6.07, 6.45) is 7.20. The molecular weight excluding hydrogens is 252 g/mol. The maximum Gasteiger partial charge on any atom is 0.514 e. The standard InChI is InChI=1S/C17H22O3/c1-3-13-19-16(18)20-15-9-7-14(8-10-15)17(2)11-5-4-6-12-17/h3,7-10H,1,4-6,11-13H2,2H3. The van der Waals surface area contributed by atoms with Gasteiger partial charge in [-0.3, -0.25) is 0 Å². The van der Waals surface area contributed by atoms with E-state index < -0.39 is 6.16 Å². The summed E-state index contributed by atoms with van der Waals surface area (Å²) in [5, 5.41) is 0. The molecule has 0 aromatic heterocycles. The lowest BCUT2D eigenvalue weighted by atomic mass is 9.71. The molecule has 2 rings (SSSR count). The van der Waals surface area contributed by atoms with Crippen LogP contribution in [0.4, 0.5) is 4.79 Å². The average molecular weight is 274 g/mol. The van der Waals surface area contributed by atoms with E-state index in [2.05, 4.69) is 25.6 Å². The lowest BCUT2D eigenvalue weighted by Gasteiger charge is -2.34. The van der Waals surface area contributed by atoms with Crippen LogP contribution in [0.2, 0.25) is 0 Å². The molecule has 0 saturated heterocycles. The number of hydrogen-bond acceptors (Lipinski definition) is 3. The van der Waals surface area contributed by atoms with Crippen molar-refractivity contribution in [2.75, 3.05) is 6.61 Å². The smallest absolute Gasteiger partial charge is 0.430 e. The van der Waals surface area contributed by atoms with Gasteiger partial charge < -0.3 is 9.47 Å². The first kappa shape index (κ1) is 14.6. The van der Waals surface area contributed by atoms with Gasteiger partial charge in [0.25, 0.3) is 0 Å². The van der Waals surface area contributed by atoms with Gasteiger partial charge in [0.15, 0.2) is 0 Å². The lowest BCUT2D eigenvalue weighted by Crippen LogP contribution is -2.24. The Kier molecular flexibility index (Phi) is 4.83. The summed E-state index contributed by atoms with van der Waals surface area (Å²) in [5.74, 6) is 0.516. The van der Waals surface area contributed by atoms with Crippen LogP contribution in [-0.4, -0.2) is 12.8 Å². The molecule has 0 N–H and O–H groups in total. The number of ether oxygens (including phenoxy) is 2. The zero-order chi connectivity index (χ0) is 14.4. The molecule has 3 nitrogen and oxygen atoms in total. The van der Waals surface area contributed by atoms with Crippen LogP contribution in [0.1, 0.15) is 44.6 Å². The average Bonchev–Trinajstić information content (AvgIpc) is 2.46. The second-order valence-electron chi connectivity index (χ2n) is 5.60. The Labute approximate surface area is 120 Å². The third-order valence-electron chi connectivity index (χ3n) is 4.03. The first-order chi connectivity index (χ1) is 9.64. The molecule has 0 spiro atoms. The summed E-state index contributed by atoms with van der Waals surface area (Å²) in [5.41, 5.74) is 1.59. The third kappa shape index (κ3) is 3.62. The van der Waals surface area contributed by atoms with Crippen molar-refractivity contribution in [3.05, 3.63) is 42.5 Å². The largest absolute Gasteiger partial charge is 0.514 e. The molecule has 108 valence electrons. The van der Waals surface area contributed by atoms with E-state index in [9.17, 15) is 4.79 Å². The zero-order valence-electron chi connectivity index (χ0n) is 12.1. The van der Waals surface area contributed by atoms with Crippen LogP contribution in [0.5, 0.6) is 5.75 Å². The molecule has 20 heavy (non-hydrogen) atoms. The highest BCUT2D eigenvalue weighted by molar-refractivity contribution is 5.63. The minimum absolute atomic E-state index is 0.162. The fraction of sp³-hybridized carbons (Fsp3) is 0.471. The molecular formula is C17H22O3. The van der Waals surface area contributed by atoms with Crippen molar-refractivity contribution in [2.24, 2.45) is 0 Å². The van der Waals surface area contributed by atoms with Gasteiger partial charge in [-0.2, -0.15) is 0 Å². The van der Waals surface area contributed by atoms with E-state index in [0.717, 1.165) is 0 Å². The first-order valence-corrected chi connectivity index (χ1v) is 7.20. The Balaban J connectivity index is 1.99. The topological polar surface area (TPSA) is 35.5 Å². The van der Waals surface area contributed by atoms with Gasteiger partial charge in [-0.25, -0.2) is 4.79 Å². The second kappa shape index (κ2) is 6.60. The van der Waals surface area contributed by atoms with Gasteiger partial charge in [0.2, 0.25) is 0 Å². The molecule has 0 unspecified atom stereocenters. The summed E-state index contributed by atoms with van der Waals surface area (Å²) in [6.45, 7) is 5.96. The lowest BCUT2D eigenvalue weighted by molar-refractivity contribution is 0.109. The number of carbonyl (C=O) groups excluding carboxylic acids is 1. The molecule has 1 aliphatic carbocycles. The Bertz CT molecular complexity index is 456. The highest BCUT2D eigenvalue weighted by Gasteiger charge is 2.28. The van der Waals surface area contributed by atoms with Crippen LogP contribution < -0.4 is 4.74 Å². The number of rotatable bonds is 4. The van der Waals surface area contributed by atoms with Crippen molar-refractivity contribution in [3.8, 4) is 5.75 Å². The fourth-order valence-corrected chi connectivity index (χ4v) is 2.80. The van der Waals surface area contributed by atoms with Crippen molar-refractivity contribution in [1.29, 1.82) is 0 Å². The van der Waals surface area contributed by atoms with E-state index in [-0.39, 0.29) is 12.0 Å². The van der Waals surface area contributed by atoms with Gasteiger partial charge in [-0.05, 0) is 36.0 Å². The quantitative estimate of drug-likeness (QED) is 0.457. The maximum atomic E-state index is 11.3. The highest BCUT2D eigenvalue weighted by Crippen LogP contribution is 2.39. The molecule has 0 amide bonds. The number of carbonyl (C=O) groups is 1. The van der Waals surface area contributed by atoms with Crippen LogP contribution in [-0.2, 0) is 10.2 Å². The number of hydrogen-bond donors (Lipinski definition) is 0. The molecule has 0 aliphatic heterocycles. The molecule has 3 heteroatoms. The van der Waals surface area contributed by atoms with Gasteiger partial charge in [-0.15, -0.1) is 0 Å². The molecule has 1 aromatic rings. The van der Waals surface area contributed by atoms with E-state index in [1.54, 1.807) is 0 Å². The Morgan fingerprint density at radius 3 is 2.50 bits per heavy atom. The molecule has 1 aromatic carbocycles. The zero-order valence-corrected chi connectivity index (χ0v) is 12.1. The Morgan fingerprint density at radius 1 is 1.25 bits per heavy atom. The molecule has 0 radical (unpaired) electrons. The van der Waals surface area contributed by atoms with Gasteiger partial charge in [0.05, 0.1) is 0 Å². The monoisotopic (exact) mass is 274 g/mol. The van der Waals surface area contributed by atoms with Crippen molar-refractivity contribution < 1.29 is 14.3 Å². The van der Waals surface area contributed by atoms with Crippen LogP contribution in [0.15, 0.2) is 36.9 Å².